The summed E-state index contributed by atoms with van der Waals surface area (Å²) in [4.78, 5) is 15.4. The van der Waals surface area contributed by atoms with E-state index < -0.39 is 11.4 Å². The maximum Gasteiger partial charge on any atom is 0.262 e. The lowest BCUT2D eigenvalue weighted by molar-refractivity contribution is 0.635. The Morgan fingerprint density at radius 2 is 2.07 bits per heavy atom. The van der Waals surface area contributed by atoms with Gasteiger partial charge >= 0.3 is 0 Å². The minimum absolute atomic E-state index is 0.0614. The first-order valence-electron chi connectivity index (χ1n) is 4.02. The number of hydrogen-bond acceptors (Lipinski definition) is 2. The summed E-state index contributed by atoms with van der Waals surface area (Å²) in [7, 11) is 1.45. The van der Waals surface area contributed by atoms with E-state index in [0.717, 1.165) is 10.6 Å². The van der Waals surface area contributed by atoms with E-state index in [0.29, 0.717) is 0 Å². The summed E-state index contributed by atoms with van der Waals surface area (Å²) < 4.78 is 14.5. The van der Waals surface area contributed by atoms with Crippen LogP contribution < -0.4 is 5.56 Å². The number of rotatable bonds is 0. The van der Waals surface area contributed by atoms with Crippen molar-refractivity contribution in [3.8, 4) is 0 Å². The molecule has 2 aromatic rings. The molecule has 6 heteroatoms. The van der Waals surface area contributed by atoms with E-state index in [2.05, 4.69) is 4.98 Å². The summed E-state index contributed by atoms with van der Waals surface area (Å²) >= 11 is 11.3. The molecule has 1 aromatic carbocycles. The normalized spacial score (nSPS) is 10.9. The molecular formula is C9H5Cl2FN2O. The summed E-state index contributed by atoms with van der Waals surface area (Å²) in [5.74, 6) is -0.655. The number of fused-ring (bicyclic) bond motifs is 1. The Balaban J connectivity index is 3.06. The number of hydrogen-bond donors (Lipinski definition) is 0. The molecule has 78 valence electrons. The fourth-order valence-corrected chi connectivity index (χ4v) is 1.64. The number of nitrogens with zero attached hydrogens (tertiary/aromatic N) is 2. The Kier molecular flexibility index (Phi) is 2.40. The molecule has 0 aliphatic heterocycles. The highest BCUT2D eigenvalue weighted by atomic mass is 35.5. The van der Waals surface area contributed by atoms with Gasteiger partial charge in [0.05, 0.1) is 5.39 Å². The molecule has 0 radical (unpaired) electrons. The van der Waals surface area contributed by atoms with Gasteiger partial charge in [0.25, 0.3) is 5.56 Å². The average Bonchev–Trinajstić information content (AvgIpc) is 2.17. The number of aromatic nitrogens is 2. The van der Waals surface area contributed by atoms with Crippen LogP contribution in [0.5, 0.6) is 0 Å². The molecule has 2 rings (SSSR count). The lowest BCUT2D eigenvalue weighted by atomic mass is 10.2. The monoisotopic (exact) mass is 246 g/mol. The zero-order valence-electron chi connectivity index (χ0n) is 7.59. The van der Waals surface area contributed by atoms with Gasteiger partial charge in [0.2, 0.25) is 5.28 Å². The molecule has 0 aliphatic carbocycles. The first kappa shape index (κ1) is 10.4. The van der Waals surface area contributed by atoms with Crippen LogP contribution in [-0.4, -0.2) is 9.55 Å². The molecule has 0 aliphatic rings. The Hall–Kier alpha value is -1.13. The molecular weight excluding hydrogens is 242 g/mol. The van der Waals surface area contributed by atoms with E-state index in [1.807, 2.05) is 0 Å². The van der Waals surface area contributed by atoms with E-state index in [9.17, 15) is 9.18 Å². The smallest absolute Gasteiger partial charge is 0.262 e. The molecule has 0 atom stereocenters. The molecule has 1 aromatic heterocycles. The predicted octanol–water partition coefficient (Wildman–Crippen LogP) is 2.38. The van der Waals surface area contributed by atoms with Crippen molar-refractivity contribution in [2.24, 2.45) is 7.05 Å². The van der Waals surface area contributed by atoms with Gasteiger partial charge < -0.3 is 0 Å². The summed E-state index contributed by atoms with van der Waals surface area (Å²) in [6.45, 7) is 0. The maximum absolute atomic E-state index is 13.4. The highest BCUT2D eigenvalue weighted by Gasteiger charge is 2.11. The minimum Gasteiger partial charge on any atom is -0.286 e. The molecule has 0 N–H and O–H groups in total. The second-order valence-electron chi connectivity index (χ2n) is 3.03. The van der Waals surface area contributed by atoms with Crippen molar-refractivity contribution in [1.29, 1.82) is 0 Å². The van der Waals surface area contributed by atoms with E-state index in [1.165, 1.54) is 13.1 Å². The molecule has 1 heterocycles. The molecule has 0 fully saturated rings. The van der Waals surface area contributed by atoms with Gasteiger partial charge in [0, 0.05) is 12.1 Å². The van der Waals surface area contributed by atoms with Crippen molar-refractivity contribution in [2.45, 2.75) is 0 Å². The van der Waals surface area contributed by atoms with Crippen molar-refractivity contribution in [3.05, 3.63) is 38.6 Å². The van der Waals surface area contributed by atoms with Crippen LogP contribution in [0, 0.1) is 5.82 Å². The topological polar surface area (TPSA) is 34.9 Å². The van der Waals surface area contributed by atoms with Gasteiger partial charge in [-0.3, -0.25) is 9.36 Å². The standard InChI is InChI=1S/C9H5Cl2FN2O/c1-14-8(15)5-2-4(10)3-6(12)7(5)13-9(14)11/h2-3H,1H3. The number of benzene rings is 1. The third-order valence-corrected chi connectivity index (χ3v) is 2.60. The Bertz CT molecular complexity index is 609. The van der Waals surface area contributed by atoms with Crippen LogP contribution in [0.3, 0.4) is 0 Å². The molecule has 0 amide bonds. The average molecular weight is 247 g/mol. The molecule has 0 bridgehead atoms. The first-order valence-corrected chi connectivity index (χ1v) is 4.77. The van der Waals surface area contributed by atoms with Crippen molar-refractivity contribution < 1.29 is 4.39 Å². The highest BCUT2D eigenvalue weighted by molar-refractivity contribution is 6.31. The third-order valence-electron chi connectivity index (χ3n) is 2.04. The second-order valence-corrected chi connectivity index (χ2v) is 3.80. The van der Waals surface area contributed by atoms with Crippen LogP contribution in [0.1, 0.15) is 0 Å². The largest absolute Gasteiger partial charge is 0.286 e. The fourth-order valence-electron chi connectivity index (χ4n) is 1.27. The van der Waals surface area contributed by atoms with E-state index in [4.69, 9.17) is 23.2 Å². The van der Waals surface area contributed by atoms with E-state index >= 15 is 0 Å². The fraction of sp³-hybridized carbons (Fsp3) is 0.111. The Labute approximate surface area is 94.1 Å². The van der Waals surface area contributed by atoms with Gasteiger partial charge in [-0.15, -0.1) is 0 Å². The molecule has 0 saturated heterocycles. The molecule has 3 nitrogen and oxygen atoms in total. The van der Waals surface area contributed by atoms with E-state index in [-0.39, 0.29) is 21.2 Å². The van der Waals surface area contributed by atoms with Gasteiger partial charge in [-0.05, 0) is 23.7 Å². The summed E-state index contributed by atoms with van der Waals surface area (Å²) in [6.07, 6.45) is 0. The van der Waals surface area contributed by atoms with Crippen LogP contribution in [-0.2, 0) is 7.05 Å². The van der Waals surface area contributed by atoms with Gasteiger partial charge in [-0.2, -0.15) is 0 Å². The lowest BCUT2D eigenvalue weighted by Gasteiger charge is -2.04. The van der Waals surface area contributed by atoms with Crippen LogP contribution in [0.25, 0.3) is 10.9 Å². The van der Waals surface area contributed by atoms with Crippen molar-refractivity contribution in [3.63, 3.8) is 0 Å². The van der Waals surface area contributed by atoms with Crippen LogP contribution in [0.4, 0.5) is 4.39 Å². The van der Waals surface area contributed by atoms with Gasteiger partial charge in [0.1, 0.15) is 5.52 Å². The molecule has 0 spiro atoms. The SMILES string of the molecule is Cn1c(Cl)nc2c(F)cc(Cl)cc2c1=O. The Morgan fingerprint density at radius 3 is 2.73 bits per heavy atom. The molecule has 0 unspecified atom stereocenters. The third kappa shape index (κ3) is 1.60. The van der Waals surface area contributed by atoms with Crippen molar-refractivity contribution in [2.75, 3.05) is 0 Å². The molecule has 0 saturated carbocycles. The minimum atomic E-state index is -0.655. The molecule has 15 heavy (non-hydrogen) atoms. The summed E-state index contributed by atoms with van der Waals surface area (Å²) in [5, 5.41) is 0.210. The van der Waals surface area contributed by atoms with Crippen LogP contribution in [0.2, 0.25) is 10.3 Å². The van der Waals surface area contributed by atoms with Crippen molar-refractivity contribution in [1.82, 2.24) is 9.55 Å². The summed E-state index contributed by atoms with van der Waals surface area (Å²) in [6, 6.07) is 2.46. The highest BCUT2D eigenvalue weighted by Crippen LogP contribution is 2.20. The van der Waals surface area contributed by atoms with Gasteiger partial charge in [-0.1, -0.05) is 11.6 Å². The zero-order valence-corrected chi connectivity index (χ0v) is 9.10. The quantitative estimate of drug-likeness (QED) is 0.670. The Morgan fingerprint density at radius 1 is 1.40 bits per heavy atom. The van der Waals surface area contributed by atoms with Gasteiger partial charge in [-0.25, -0.2) is 9.37 Å². The zero-order chi connectivity index (χ0) is 11.2. The summed E-state index contributed by atoms with van der Waals surface area (Å²) in [5.41, 5.74) is -0.487. The second kappa shape index (κ2) is 3.47. The van der Waals surface area contributed by atoms with Crippen LogP contribution >= 0.6 is 23.2 Å². The van der Waals surface area contributed by atoms with E-state index in [1.54, 1.807) is 0 Å². The van der Waals surface area contributed by atoms with Crippen LogP contribution in [0.15, 0.2) is 16.9 Å². The maximum atomic E-state index is 13.4. The predicted molar refractivity (Wildman–Crippen MR) is 57.0 cm³/mol. The number of halogens is 3. The van der Waals surface area contributed by atoms with Crippen molar-refractivity contribution >= 4 is 34.1 Å². The van der Waals surface area contributed by atoms with Gasteiger partial charge in [0.15, 0.2) is 5.82 Å². The lowest BCUT2D eigenvalue weighted by Crippen LogP contribution is -2.19. The first-order chi connectivity index (χ1) is 7.00.